The van der Waals surface area contributed by atoms with Crippen LogP contribution in [-0.2, 0) is 16.1 Å². The minimum Gasteiger partial charge on any atom is -0.497 e. The first-order valence-corrected chi connectivity index (χ1v) is 8.47. The Hall–Kier alpha value is -2.57. The molecule has 0 radical (unpaired) electrons. The Labute approximate surface area is 158 Å². The lowest BCUT2D eigenvalue weighted by Crippen LogP contribution is -2.38. The van der Waals surface area contributed by atoms with Gasteiger partial charge in [-0.05, 0) is 49.0 Å². The van der Waals surface area contributed by atoms with E-state index in [0.29, 0.717) is 17.3 Å². The largest absolute Gasteiger partial charge is 0.497 e. The second kappa shape index (κ2) is 9.79. The first kappa shape index (κ1) is 19.8. The van der Waals surface area contributed by atoms with E-state index in [2.05, 4.69) is 10.6 Å². The number of benzene rings is 2. The molecule has 0 unspecified atom stereocenters. The van der Waals surface area contributed by atoms with E-state index < -0.39 is 0 Å². The molecule has 7 heteroatoms. The van der Waals surface area contributed by atoms with Gasteiger partial charge in [0.25, 0.3) is 0 Å². The number of hydrogen-bond donors (Lipinski definition) is 2. The van der Waals surface area contributed by atoms with Gasteiger partial charge in [-0.25, -0.2) is 0 Å². The predicted octanol–water partition coefficient (Wildman–Crippen LogP) is 2.54. The molecule has 0 heterocycles. The highest BCUT2D eigenvalue weighted by atomic mass is 35.5. The topological polar surface area (TPSA) is 70.7 Å². The van der Waals surface area contributed by atoms with Gasteiger partial charge in [0.1, 0.15) is 5.75 Å². The second-order valence-corrected chi connectivity index (χ2v) is 6.29. The molecule has 2 aromatic rings. The molecule has 0 saturated carbocycles. The van der Waals surface area contributed by atoms with Crippen molar-refractivity contribution >= 4 is 29.1 Å². The molecule has 0 aliphatic heterocycles. The van der Waals surface area contributed by atoms with Gasteiger partial charge in [-0.3, -0.25) is 14.5 Å². The van der Waals surface area contributed by atoms with Gasteiger partial charge in [-0.15, -0.1) is 0 Å². The summed E-state index contributed by atoms with van der Waals surface area (Å²) in [5, 5.41) is 6.19. The molecule has 2 rings (SSSR count). The van der Waals surface area contributed by atoms with Crippen LogP contribution >= 0.6 is 11.6 Å². The Morgan fingerprint density at radius 2 is 1.62 bits per heavy atom. The molecule has 2 amide bonds. The third-order valence-electron chi connectivity index (χ3n) is 3.60. The summed E-state index contributed by atoms with van der Waals surface area (Å²) in [6.45, 7) is 0.663. The molecule has 26 heavy (non-hydrogen) atoms. The number of hydrogen-bond acceptors (Lipinski definition) is 4. The van der Waals surface area contributed by atoms with E-state index in [1.807, 2.05) is 24.3 Å². The zero-order chi connectivity index (χ0) is 18.9. The van der Waals surface area contributed by atoms with Crippen molar-refractivity contribution in [2.45, 2.75) is 6.54 Å². The molecule has 0 aliphatic carbocycles. The average molecular weight is 376 g/mol. The average Bonchev–Trinajstić information content (AvgIpc) is 2.62. The number of carbonyl (C=O) groups is 2. The van der Waals surface area contributed by atoms with Gasteiger partial charge in [-0.2, -0.15) is 0 Å². The first-order chi connectivity index (χ1) is 12.5. The van der Waals surface area contributed by atoms with Crippen molar-refractivity contribution in [2.24, 2.45) is 0 Å². The molecular formula is C19H22ClN3O3. The maximum Gasteiger partial charge on any atom is 0.238 e. The molecule has 0 fully saturated rings. The summed E-state index contributed by atoms with van der Waals surface area (Å²) < 4.78 is 5.09. The van der Waals surface area contributed by atoms with Gasteiger partial charge >= 0.3 is 0 Å². The lowest BCUT2D eigenvalue weighted by atomic mass is 10.2. The number of ether oxygens (including phenoxy) is 1. The van der Waals surface area contributed by atoms with E-state index in [9.17, 15) is 9.59 Å². The Morgan fingerprint density at radius 3 is 2.23 bits per heavy atom. The van der Waals surface area contributed by atoms with E-state index in [4.69, 9.17) is 16.3 Å². The normalized spacial score (nSPS) is 10.5. The number of carbonyl (C=O) groups excluding carboxylic acids is 2. The van der Waals surface area contributed by atoms with E-state index in [1.54, 1.807) is 43.3 Å². The Kier molecular flexibility index (Phi) is 7.44. The van der Waals surface area contributed by atoms with Gasteiger partial charge in [0.15, 0.2) is 0 Å². The quantitative estimate of drug-likeness (QED) is 0.743. The van der Waals surface area contributed by atoms with Crippen molar-refractivity contribution < 1.29 is 14.3 Å². The molecule has 138 valence electrons. The summed E-state index contributed by atoms with van der Waals surface area (Å²) in [5.74, 6) is 0.423. The van der Waals surface area contributed by atoms with Crippen LogP contribution in [0.2, 0.25) is 5.02 Å². The van der Waals surface area contributed by atoms with Crippen LogP contribution in [0, 0.1) is 0 Å². The van der Waals surface area contributed by atoms with Crippen molar-refractivity contribution in [1.82, 2.24) is 10.2 Å². The number of nitrogens with zero attached hydrogens (tertiary/aromatic N) is 1. The van der Waals surface area contributed by atoms with E-state index in [1.165, 1.54) is 0 Å². The molecule has 0 aromatic heterocycles. The number of halogens is 1. The van der Waals surface area contributed by atoms with Crippen LogP contribution in [0.5, 0.6) is 5.75 Å². The van der Waals surface area contributed by atoms with Crippen molar-refractivity contribution in [2.75, 3.05) is 32.6 Å². The van der Waals surface area contributed by atoms with E-state index in [-0.39, 0.29) is 24.9 Å². The van der Waals surface area contributed by atoms with Crippen molar-refractivity contribution in [3.63, 3.8) is 0 Å². The molecule has 0 spiro atoms. The van der Waals surface area contributed by atoms with Crippen molar-refractivity contribution in [1.29, 1.82) is 0 Å². The standard InChI is InChI=1S/C19H22ClN3O3/c1-23(13-19(25)22-16-7-5-15(20)6-8-16)12-18(24)21-11-14-3-9-17(26-2)10-4-14/h3-10H,11-13H2,1-2H3,(H,21,24)(H,22,25). The van der Waals surface area contributed by atoms with Crippen LogP contribution in [0.25, 0.3) is 0 Å². The molecular weight excluding hydrogens is 354 g/mol. The lowest BCUT2D eigenvalue weighted by molar-refractivity contribution is -0.123. The van der Waals surface area contributed by atoms with Crippen LogP contribution < -0.4 is 15.4 Å². The van der Waals surface area contributed by atoms with Crippen molar-refractivity contribution in [3.8, 4) is 5.75 Å². The van der Waals surface area contributed by atoms with Gasteiger partial charge in [0, 0.05) is 17.3 Å². The molecule has 2 aromatic carbocycles. The summed E-state index contributed by atoms with van der Waals surface area (Å²) in [4.78, 5) is 25.7. The predicted molar refractivity (Wildman–Crippen MR) is 102 cm³/mol. The molecule has 0 atom stereocenters. The van der Waals surface area contributed by atoms with E-state index >= 15 is 0 Å². The maximum atomic E-state index is 12.0. The van der Waals surface area contributed by atoms with Crippen LogP contribution in [0.4, 0.5) is 5.69 Å². The minimum absolute atomic E-state index is 0.110. The minimum atomic E-state index is -0.197. The fourth-order valence-electron chi connectivity index (χ4n) is 2.28. The summed E-state index contributed by atoms with van der Waals surface area (Å²) in [6, 6.07) is 14.3. The molecule has 0 bridgehead atoms. The number of rotatable bonds is 8. The Balaban J connectivity index is 1.71. The highest BCUT2D eigenvalue weighted by Gasteiger charge is 2.11. The number of nitrogens with one attached hydrogen (secondary N) is 2. The molecule has 0 saturated heterocycles. The first-order valence-electron chi connectivity index (χ1n) is 8.10. The SMILES string of the molecule is COc1ccc(CNC(=O)CN(C)CC(=O)Nc2ccc(Cl)cc2)cc1. The number of amides is 2. The van der Waals surface area contributed by atoms with Gasteiger partial charge in [0.2, 0.25) is 11.8 Å². The highest BCUT2D eigenvalue weighted by molar-refractivity contribution is 6.30. The number of likely N-dealkylation sites (N-methyl/N-ethyl adjacent to an activating group) is 1. The van der Waals surface area contributed by atoms with Gasteiger partial charge in [0.05, 0.1) is 20.2 Å². The third-order valence-corrected chi connectivity index (χ3v) is 3.86. The van der Waals surface area contributed by atoms with Crippen molar-refractivity contribution in [3.05, 3.63) is 59.1 Å². The summed E-state index contributed by atoms with van der Waals surface area (Å²) in [5.41, 5.74) is 1.64. The second-order valence-electron chi connectivity index (χ2n) is 5.85. The van der Waals surface area contributed by atoms with Gasteiger partial charge < -0.3 is 15.4 Å². The monoisotopic (exact) mass is 375 g/mol. The lowest BCUT2D eigenvalue weighted by Gasteiger charge is -2.16. The highest BCUT2D eigenvalue weighted by Crippen LogP contribution is 2.13. The smallest absolute Gasteiger partial charge is 0.238 e. The van der Waals surface area contributed by atoms with Gasteiger partial charge in [-0.1, -0.05) is 23.7 Å². The third kappa shape index (κ3) is 6.74. The van der Waals surface area contributed by atoms with Crippen LogP contribution in [0.15, 0.2) is 48.5 Å². The zero-order valence-corrected chi connectivity index (χ0v) is 15.5. The number of anilines is 1. The fraction of sp³-hybridized carbons (Fsp3) is 0.263. The van der Waals surface area contributed by atoms with Crippen LogP contribution in [0.3, 0.4) is 0 Å². The summed E-state index contributed by atoms with van der Waals surface area (Å²) >= 11 is 5.81. The van der Waals surface area contributed by atoms with Crippen LogP contribution in [0.1, 0.15) is 5.56 Å². The Bertz CT molecular complexity index is 733. The molecule has 2 N–H and O–H groups in total. The van der Waals surface area contributed by atoms with E-state index in [0.717, 1.165) is 11.3 Å². The fourth-order valence-corrected chi connectivity index (χ4v) is 2.41. The molecule has 0 aliphatic rings. The molecule has 6 nitrogen and oxygen atoms in total. The zero-order valence-electron chi connectivity index (χ0n) is 14.8. The summed E-state index contributed by atoms with van der Waals surface area (Å²) in [7, 11) is 3.32. The number of methoxy groups -OCH3 is 1. The Morgan fingerprint density at radius 1 is 1.00 bits per heavy atom. The maximum absolute atomic E-state index is 12.0. The summed E-state index contributed by atoms with van der Waals surface area (Å²) in [6.07, 6.45) is 0. The van der Waals surface area contributed by atoms with Crippen LogP contribution in [-0.4, -0.2) is 44.0 Å².